The van der Waals surface area contributed by atoms with Crippen LogP contribution in [0, 0.1) is 5.92 Å². The molecule has 90 valence electrons. The summed E-state index contributed by atoms with van der Waals surface area (Å²) in [5.41, 5.74) is 1.12. The molecule has 0 amide bonds. The molecule has 0 radical (unpaired) electrons. The van der Waals surface area contributed by atoms with E-state index in [4.69, 9.17) is 4.98 Å². The third-order valence-corrected chi connectivity index (χ3v) is 5.00. The summed E-state index contributed by atoms with van der Waals surface area (Å²) in [5.74, 6) is 0.688. The third kappa shape index (κ3) is 2.26. The van der Waals surface area contributed by atoms with Gasteiger partial charge in [-0.05, 0) is 43.5 Å². The first-order chi connectivity index (χ1) is 8.24. The lowest BCUT2D eigenvalue weighted by Gasteiger charge is -2.28. The Kier molecular flexibility index (Phi) is 3.19. The average Bonchev–Trinajstić information content (AvgIpc) is 2.72. The van der Waals surface area contributed by atoms with E-state index in [1.165, 1.54) is 22.5 Å². The summed E-state index contributed by atoms with van der Waals surface area (Å²) in [5, 5.41) is 4.84. The van der Waals surface area contributed by atoms with Crippen LogP contribution in [0.4, 0.5) is 0 Å². The molecule has 4 heteroatoms. The van der Waals surface area contributed by atoms with Gasteiger partial charge in [0.1, 0.15) is 5.01 Å². The van der Waals surface area contributed by atoms with Crippen molar-refractivity contribution in [2.75, 3.05) is 6.54 Å². The summed E-state index contributed by atoms with van der Waals surface area (Å²) < 4.78 is 2.40. The van der Waals surface area contributed by atoms with Gasteiger partial charge in [-0.2, -0.15) is 0 Å². The van der Waals surface area contributed by atoms with Crippen LogP contribution in [-0.2, 0) is 0 Å². The maximum absolute atomic E-state index is 4.76. The molecule has 0 bridgehead atoms. The van der Waals surface area contributed by atoms with Crippen molar-refractivity contribution in [3.8, 4) is 0 Å². The van der Waals surface area contributed by atoms with Crippen molar-refractivity contribution >= 4 is 37.5 Å². The monoisotopic (exact) mass is 310 g/mol. The molecule has 1 aliphatic rings. The second-order valence-electron chi connectivity index (χ2n) is 4.72. The van der Waals surface area contributed by atoms with E-state index in [0.29, 0.717) is 12.0 Å². The number of thiazole rings is 1. The molecule has 1 N–H and O–H groups in total. The molecule has 1 aromatic carbocycles. The van der Waals surface area contributed by atoms with Gasteiger partial charge in [-0.25, -0.2) is 4.98 Å². The summed E-state index contributed by atoms with van der Waals surface area (Å²) in [4.78, 5) is 4.76. The molecule has 0 spiro atoms. The largest absolute Gasteiger partial charge is 0.308 e. The zero-order chi connectivity index (χ0) is 11.8. The predicted molar refractivity (Wildman–Crippen MR) is 76.5 cm³/mol. The summed E-state index contributed by atoms with van der Waals surface area (Å²) in [7, 11) is 0. The normalized spacial score (nSPS) is 25.3. The van der Waals surface area contributed by atoms with Crippen LogP contribution in [0.15, 0.2) is 22.7 Å². The fourth-order valence-corrected chi connectivity index (χ4v) is 4.16. The number of piperidine rings is 1. The number of nitrogens with zero attached hydrogens (tertiary/aromatic N) is 1. The second-order valence-corrected chi connectivity index (χ2v) is 6.69. The standard InChI is InChI=1S/C13H15BrN2S/c1-8-3-2-6-15-12(8)13-16-10-5-4-9(14)7-11(10)17-13/h4-5,7-8,12,15H,2-3,6H2,1H3. The molecular weight excluding hydrogens is 296 g/mol. The molecule has 1 aromatic heterocycles. The zero-order valence-corrected chi connectivity index (χ0v) is 12.1. The average molecular weight is 311 g/mol. The van der Waals surface area contributed by atoms with Crippen molar-refractivity contribution in [3.63, 3.8) is 0 Å². The molecule has 1 aliphatic heterocycles. The highest BCUT2D eigenvalue weighted by Crippen LogP contribution is 2.34. The van der Waals surface area contributed by atoms with E-state index in [1.807, 2.05) is 11.3 Å². The van der Waals surface area contributed by atoms with Gasteiger partial charge in [-0.1, -0.05) is 22.9 Å². The van der Waals surface area contributed by atoms with Gasteiger partial charge in [0.2, 0.25) is 0 Å². The van der Waals surface area contributed by atoms with Gasteiger partial charge < -0.3 is 5.32 Å². The molecule has 17 heavy (non-hydrogen) atoms. The van der Waals surface area contributed by atoms with Crippen molar-refractivity contribution in [2.24, 2.45) is 5.92 Å². The van der Waals surface area contributed by atoms with Crippen molar-refractivity contribution < 1.29 is 0 Å². The molecule has 2 atom stereocenters. The van der Waals surface area contributed by atoms with Gasteiger partial charge >= 0.3 is 0 Å². The Bertz CT molecular complexity index is 537. The lowest BCUT2D eigenvalue weighted by molar-refractivity contribution is 0.305. The Morgan fingerprint density at radius 2 is 2.35 bits per heavy atom. The van der Waals surface area contributed by atoms with Crippen LogP contribution in [0.3, 0.4) is 0 Å². The maximum Gasteiger partial charge on any atom is 0.111 e. The number of aromatic nitrogens is 1. The van der Waals surface area contributed by atoms with Gasteiger partial charge in [0.15, 0.2) is 0 Å². The smallest absolute Gasteiger partial charge is 0.111 e. The summed E-state index contributed by atoms with van der Waals surface area (Å²) in [6.07, 6.45) is 2.59. The molecule has 1 fully saturated rings. The molecule has 2 aromatic rings. The first-order valence-corrected chi connectivity index (χ1v) is 7.64. The summed E-state index contributed by atoms with van der Waals surface area (Å²) in [6, 6.07) is 6.75. The second kappa shape index (κ2) is 4.67. The van der Waals surface area contributed by atoms with E-state index < -0.39 is 0 Å². The van der Waals surface area contributed by atoms with Crippen molar-refractivity contribution in [1.82, 2.24) is 10.3 Å². The minimum Gasteiger partial charge on any atom is -0.308 e. The van der Waals surface area contributed by atoms with Crippen LogP contribution < -0.4 is 5.32 Å². The van der Waals surface area contributed by atoms with Crippen LogP contribution in [0.5, 0.6) is 0 Å². The molecule has 2 heterocycles. The van der Waals surface area contributed by atoms with Crippen LogP contribution in [0.2, 0.25) is 0 Å². The van der Waals surface area contributed by atoms with Crippen LogP contribution in [-0.4, -0.2) is 11.5 Å². The number of hydrogen-bond donors (Lipinski definition) is 1. The van der Waals surface area contributed by atoms with Crippen molar-refractivity contribution in [3.05, 3.63) is 27.7 Å². The lowest BCUT2D eigenvalue weighted by atomic mass is 9.93. The van der Waals surface area contributed by atoms with E-state index in [0.717, 1.165) is 16.5 Å². The number of hydrogen-bond acceptors (Lipinski definition) is 3. The summed E-state index contributed by atoms with van der Waals surface area (Å²) in [6.45, 7) is 3.44. The van der Waals surface area contributed by atoms with Gasteiger partial charge in [-0.3, -0.25) is 0 Å². The number of rotatable bonds is 1. The van der Waals surface area contributed by atoms with Crippen LogP contribution in [0.1, 0.15) is 30.8 Å². The van der Waals surface area contributed by atoms with Gasteiger partial charge in [0.25, 0.3) is 0 Å². The Labute approximate surface area is 114 Å². The Balaban J connectivity index is 1.99. The van der Waals surface area contributed by atoms with E-state index in [9.17, 15) is 0 Å². The number of halogens is 1. The molecule has 2 nitrogen and oxygen atoms in total. The molecular formula is C13H15BrN2S. The van der Waals surface area contributed by atoms with Crippen LogP contribution >= 0.6 is 27.3 Å². The minimum atomic E-state index is 0.444. The van der Waals surface area contributed by atoms with Crippen molar-refractivity contribution in [1.29, 1.82) is 0 Å². The number of benzene rings is 1. The molecule has 3 rings (SSSR count). The fraction of sp³-hybridized carbons (Fsp3) is 0.462. The number of nitrogens with one attached hydrogen (secondary N) is 1. The highest BCUT2D eigenvalue weighted by molar-refractivity contribution is 9.10. The van der Waals surface area contributed by atoms with E-state index in [2.05, 4.69) is 46.4 Å². The Morgan fingerprint density at radius 1 is 1.47 bits per heavy atom. The topological polar surface area (TPSA) is 24.9 Å². The fourth-order valence-electron chi connectivity index (χ4n) is 2.43. The zero-order valence-electron chi connectivity index (χ0n) is 9.74. The first kappa shape index (κ1) is 11.6. The quantitative estimate of drug-likeness (QED) is 0.857. The highest BCUT2D eigenvalue weighted by Gasteiger charge is 2.25. The van der Waals surface area contributed by atoms with E-state index >= 15 is 0 Å². The van der Waals surface area contributed by atoms with Gasteiger partial charge in [0.05, 0.1) is 16.3 Å². The van der Waals surface area contributed by atoms with Crippen LogP contribution in [0.25, 0.3) is 10.2 Å². The van der Waals surface area contributed by atoms with Gasteiger partial charge in [0, 0.05) is 4.47 Å². The Morgan fingerprint density at radius 3 is 3.18 bits per heavy atom. The summed E-state index contributed by atoms with van der Waals surface area (Å²) >= 11 is 5.33. The molecule has 0 saturated carbocycles. The van der Waals surface area contributed by atoms with Crippen molar-refractivity contribution in [2.45, 2.75) is 25.8 Å². The van der Waals surface area contributed by atoms with E-state index in [-0.39, 0.29) is 0 Å². The molecule has 2 unspecified atom stereocenters. The van der Waals surface area contributed by atoms with Gasteiger partial charge in [-0.15, -0.1) is 11.3 Å². The Hall–Kier alpha value is -0.450. The predicted octanol–water partition coefficient (Wildman–Crippen LogP) is 4.12. The number of fused-ring (bicyclic) bond motifs is 1. The van der Waals surface area contributed by atoms with E-state index in [1.54, 1.807) is 0 Å². The molecule has 1 saturated heterocycles. The minimum absolute atomic E-state index is 0.444. The highest BCUT2D eigenvalue weighted by atomic mass is 79.9. The SMILES string of the molecule is CC1CCCNC1c1nc2ccc(Br)cc2s1. The lowest BCUT2D eigenvalue weighted by Crippen LogP contribution is -2.32. The third-order valence-electron chi connectivity index (χ3n) is 3.40. The molecule has 0 aliphatic carbocycles. The first-order valence-electron chi connectivity index (χ1n) is 6.03. The maximum atomic E-state index is 4.76.